The number of carbonyl (C=O) groups is 1. The van der Waals surface area contributed by atoms with Gasteiger partial charge in [0.2, 0.25) is 5.91 Å². The summed E-state index contributed by atoms with van der Waals surface area (Å²) in [5.74, 6) is 0.361. The molecule has 3 rings (SSSR count). The molecule has 0 unspecified atom stereocenters. The third kappa shape index (κ3) is 3.06. The first-order valence-electron chi connectivity index (χ1n) is 7.14. The van der Waals surface area contributed by atoms with Crippen molar-refractivity contribution in [3.63, 3.8) is 0 Å². The summed E-state index contributed by atoms with van der Waals surface area (Å²) in [6.45, 7) is 3.91. The molecule has 0 aliphatic carbocycles. The zero-order chi connectivity index (χ0) is 16.6. The Morgan fingerprint density at radius 2 is 2.22 bits per heavy atom. The van der Waals surface area contributed by atoms with E-state index in [2.05, 4.69) is 25.5 Å². The second-order valence-corrected chi connectivity index (χ2v) is 5.82. The highest BCUT2D eigenvalue weighted by atomic mass is 35.5. The van der Waals surface area contributed by atoms with E-state index in [4.69, 9.17) is 17.3 Å². The summed E-state index contributed by atoms with van der Waals surface area (Å²) in [5, 5.41) is 10.3. The van der Waals surface area contributed by atoms with Gasteiger partial charge in [-0.25, -0.2) is 4.98 Å². The van der Waals surface area contributed by atoms with Gasteiger partial charge in [0.25, 0.3) is 0 Å². The monoisotopic (exact) mass is 332 g/mol. The number of amides is 1. The Kier molecular flexibility index (Phi) is 4.06. The summed E-state index contributed by atoms with van der Waals surface area (Å²) in [5.41, 5.74) is 9.89. The van der Waals surface area contributed by atoms with Gasteiger partial charge < -0.3 is 16.0 Å². The van der Waals surface area contributed by atoms with Crippen molar-refractivity contribution in [2.45, 2.75) is 26.4 Å². The number of H-pyrrole nitrogens is 2. The fraction of sp³-hybridized carbons (Fsp3) is 0.267. The molecule has 2 heterocycles. The Balaban J connectivity index is 1.70. The summed E-state index contributed by atoms with van der Waals surface area (Å²) < 4.78 is 0. The van der Waals surface area contributed by atoms with Crippen LogP contribution in [0.4, 0.5) is 0 Å². The number of benzene rings is 1. The van der Waals surface area contributed by atoms with Crippen LogP contribution in [0.1, 0.15) is 28.8 Å². The number of nitrogens with two attached hydrogens (primary N) is 1. The minimum Gasteiger partial charge on any atom is -0.347 e. The van der Waals surface area contributed by atoms with E-state index < -0.39 is 6.04 Å². The number of halogens is 1. The molecule has 2 aromatic heterocycles. The number of fused-ring (bicyclic) bond motifs is 1. The van der Waals surface area contributed by atoms with Gasteiger partial charge in [0.05, 0.1) is 23.3 Å². The molecular formula is C15H17ClN6O. The third-order valence-corrected chi connectivity index (χ3v) is 3.94. The van der Waals surface area contributed by atoms with Crippen LogP contribution in [0.25, 0.3) is 11.0 Å². The van der Waals surface area contributed by atoms with Gasteiger partial charge in [0.15, 0.2) is 0 Å². The molecule has 1 atom stereocenters. The average molecular weight is 333 g/mol. The predicted octanol–water partition coefficient (Wildman–Crippen LogP) is 1.87. The van der Waals surface area contributed by atoms with E-state index >= 15 is 0 Å². The maximum absolute atomic E-state index is 12.2. The van der Waals surface area contributed by atoms with E-state index in [1.165, 1.54) is 0 Å². The van der Waals surface area contributed by atoms with Gasteiger partial charge >= 0.3 is 0 Å². The topological polar surface area (TPSA) is 112 Å². The fourth-order valence-electron chi connectivity index (χ4n) is 2.55. The van der Waals surface area contributed by atoms with Crippen LogP contribution in [0.2, 0.25) is 5.02 Å². The van der Waals surface area contributed by atoms with E-state index in [1.54, 1.807) is 12.1 Å². The van der Waals surface area contributed by atoms with Crippen LogP contribution in [-0.4, -0.2) is 26.1 Å². The van der Waals surface area contributed by atoms with Gasteiger partial charge in [-0.05, 0) is 32.0 Å². The minimum atomic E-state index is -0.771. The number of aryl methyl sites for hydroxylation is 2. The summed E-state index contributed by atoms with van der Waals surface area (Å²) in [6.07, 6.45) is 0. The van der Waals surface area contributed by atoms with Crippen LogP contribution < -0.4 is 11.1 Å². The van der Waals surface area contributed by atoms with E-state index in [1.807, 2.05) is 19.9 Å². The van der Waals surface area contributed by atoms with Crippen molar-refractivity contribution in [2.24, 2.45) is 5.73 Å². The average Bonchev–Trinajstić information content (AvgIpc) is 3.06. The van der Waals surface area contributed by atoms with Crippen molar-refractivity contribution in [2.75, 3.05) is 0 Å². The van der Waals surface area contributed by atoms with E-state index in [0.717, 1.165) is 28.0 Å². The zero-order valence-electron chi connectivity index (χ0n) is 12.8. The van der Waals surface area contributed by atoms with Crippen LogP contribution >= 0.6 is 11.6 Å². The number of aromatic amines is 2. The molecule has 120 valence electrons. The van der Waals surface area contributed by atoms with Crippen molar-refractivity contribution < 1.29 is 4.79 Å². The Morgan fingerprint density at radius 1 is 1.43 bits per heavy atom. The molecule has 0 fully saturated rings. The number of carbonyl (C=O) groups excluding carboxylic acids is 1. The number of nitrogens with one attached hydrogen (secondary N) is 3. The molecule has 0 saturated carbocycles. The number of rotatable bonds is 4. The summed E-state index contributed by atoms with van der Waals surface area (Å²) in [4.78, 5) is 19.8. The molecule has 7 nitrogen and oxygen atoms in total. The molecule has 0 aliphatic rings. The lowest BCUT2D eigenvalue weighted by atomic mass is 10.1. The third-order valence-electron chi connectivity index (χ3n) is 3.70. The van der Waals surface area contributed by atoms with Crippen molar-refractivity contribution in [3.8, 4) is 0 Å². The highest BCUT2D eigenvalue weighted by Crippen LogP contribution is 2.19. The second kappa shape index (κ2) is 6.02. The Morgan fingerprint density at radius 3 is 2.91 bits per heavy atom. The number of hydrogen-bond donors (Lipinski definition) is 4. The van der Waals surface area contributed by atoms with Crippen molar-refractivity contribution in [3.05, 3.63) is 46.0 Å². The maximum atomic E-state index is 12.2. The molecule has 0 bridgehead atoms. The second-order valence-electron chi connectivity index (χ2n) is 5.39. The standard InChI is InChI=1S/C15H17ClN6O/c1-7-13(8(2)22-21-7)14(17)15(23)18-6-12-19-10-4-3-9(16)5-11(10)20-12/h3-5,14H,6,17H2,1-2H3,(H,18,23)(H,19,20)(H,21,22)/t14-/m0/s1. The zero-order valence-corrected chi connectivity index (χ0v) is 13.5. The number of imidazole rings is 1. The first kappa shape index (κ1) is 15.5. The summed E-state index contributed by atoms with van der Waals surface area (Å²) >= 11 is 5.94. The first-order valence-corrected chi connectivity index (χ1v) is 7.52. The van der Waals surface area contributed by atoms with Gasteiger partial charge in [-0.2, -0.15) is 5.10 Å². The molecule has 0 aliphatic heterocycles. The molecule has 0 radical (unpaired) electrons. The first-order chi connectivity index (χ1) is 11.0. The maximum Gasteiger partial charge on any atom is 0.242 e. The molecule has 23 heavy (non-hydrogen) atoms. The lowest BCUT2D eigenvalue weighted by Gasteiger charge is -2.12. The molecule has 0 saturated heterocycles. The lowest BCUT2D eigenvalue weighted by molar-refractivity contribution is -0.122. The quantitative estimate of drug-likeness (QED) is 0.584. The van der Waals surface area contributed by atoms with Gasteiger partial charge in [-0.1, -0.05) is 11.6 Å². The van der Waals surface area contributed by atoms with Gasteiger partial charge in [-0.3, -0.25) is 9.89 Å². The number of nitrogens with zero attached hydrogens (tertiary/aromatic N) is 2. The smallest absolute Gasteiger partial charge is 0.242 e. The van der Waals surface area contributed by atoms with Gasteiger partial charge in [0.1, 0.15) is 11.9 Å². The van der Waals surface area contributed by atoms with Crippen LogP contribution in [0.3, 0.4) is 0 Å². The SMILES string of the molecule is Cc1n[nH]c(C)c1[C@H](N)C(=O)NCc1nc2ccc(Cl)cc2[nH]1. The molecule has 3 aromatic rings. The summed E-state index contributed by atoms with van der Waals surface area (Å²) in [6, 6.07) is 4.61. The fourth-order valence-corrected chi connectivity index (χ4v) is 2.72. The highest BCUT2D eigenvalue weighted by Gasteiger charge is 2.21. The molecule has 5 N–H and O–H groups in total. The largest absolute Gasteiger partial charge is 0.347 e. The lowest BCUT2D eigenvalue weighted by Crippen LogP contribution is -2.34. The predicted molar refractivity (Wildman–Crippen MR) is 87.9 cm³/mol. The normalized spacial score (nSPS) is 12.5. The van der Waals surface area contributed by atoms with Gasteiger partial charge in [-0.15, -0.1) is 0 Å². The summed E-state index contributed by atoms with van der Waals surface area (Å²) in [7, 11) is 0. The number of aromatic nitrogens is 4. The van der Waals surface area contributed by atoms with Crippen molar-refractivity contribution in [1.29, 1.82) is 0 Å². The van der Waals surface area contributed by atoms with Crippen LogP contribution in [0.5, 0.6) is 0 Å². The Hall–Kier alpha value is -2.38. The molecular weight excluding hydrogens is 316 g/mol. The van der Waals surface area contributed by atoms with Crippen LogP contribution in [0, 0.1) is 13.8 Å². The Labute approximate surface area is 137 Å². The Bertz CT molecular complexity index is 849. The van der Waals surface area contributed by atoms with Crippen molar-refractivity contribution in [1.82, 2.24) is 25.5 Å². The van der Waals surface area contributed by atoms with E-state index in [9.17, 15) is 4.79 Å². The van der Waals surface area contributed by atoms with Gasteiger partial charge in [0, 0.05) is 16.3 Å². The molecule has 8 heteroatoms. The number of hydrogen-bond acceptors (Lipinski definition) is 4. The van der Waals surface area contributed by atoms with Crippen molar-refractivity contribution >= 4 is 28.5 Å². The molecule has 1 amide bonds. The van der Waals surface area contributed by atoms with Crippen LogP contribution in [0.15, 0.2) is 18.2 Å². The molecule has 0 spiro atoms. The minimum absolute atomic E-state index is 0.259. The highest BCUT2D eigenvalue weighted by molar-refractivity contribution is 6.31. The van der Waals surface area contributed by atoms with E-state index in [0.29, 0.717) is 10.8 Å². The van der Waals surface area contributed by atoms with Crippen LogP contribution in [-0.2, 0) is 11.3 Å². The van der Waals surface area contributed by atoms with E-state index in [-0.39, 0.29) is 12.5 Å². The molecule has 1 aromatic carbocycles.